The van der Waals surface area contributed by atoms with Crippen molar-refractivity contribution in [1.82, 2.24) is 19.4 Å². The fourth-order valence-electron chi connectivity index (χ4n) is 5.25. The van der Waals surface area contributed by atoms with Crippen LogP contribution in [0.1, 0.15) is 45.5 Å². The van der Waals surface area contributed by atoms with E-state index in [4.69, 9.17) is 0 Å². The number of benzene rings is 3. The maximum absolute atomic E-state index is 13.0. The zero-order valence-corrected chi connectivity index (χ0v) is 23.5. The van der Waals surface area contributed by atoms with Gasteiger partial charge in [-0.2, -0.15) is 4.31 Å². The molecule has 7 nitrogen and oxygen atoms in total. The number of likely N-dealkylation sites (tertiary alicyclic amines) is 1. The summed E-state index contributed by atoms with van der Waals surface area (Å²) in [4.78, 5) is 17.8. The van der Waals surface area contributed by atoms with Crippen LogP contribution in [0.25, 0.3) is 0 Å². The summed E-state index contributed by atoms with van der Waals surface area (Å²) in [7, 11) is -3.46. The van der Waals surface area contributed by atoms with Crippen molar-refractivity contribution in [2.75, 3.05) is 39.3 Å². The highest BCUT2D eigenvalue weighted by Gasteiger charge is 2.28. The van der Waals surface area contributed by atoms with Crippen molar-refractivity contribution in [3.8, 4) is 0 Å². The van der Waals surface area contributed by atoms with Gasteiger partial charge in [-0.3, -0.25) is 14.6 Å². The van der Waals surface area contributed by atoms with E-state index in [2.05, 4.69) is 39.4 Å². The third-order valence-electron chi connectivity index (χ3n) is 7.69. The molecule has 0 aromatic heterocycles. The maximum Gasteiger partial charge on any atom is 0.251 e. The number of aryl methyl sites for hydroxylation is 1. The molecule has 0 aliphatic carbocycles. The van der Waals surface area contributed by atoms with Crippen molar-refractivity contribution in [3.05, 3.63) is 101 Å². The van der Waals surface area contributed by atoms with Crippen LogP contribution in [0.15, 0.2) is 77.7 Å². The Morgan fingerprint density at radius 2 is 1.21 bits per heavy atom. The Hall–Kier alpha value is -3.04. The van der Waals surface area contributed by atoms with Crippen LogP contribution in [0.5, 0.6) is 0 Å². The molecule has 3 aromatic rings. The topological polar surface area (TPSA) is 73.0 Å². The number of hydrogen-bond acceptors (Lipinski definition) is 5. The van der Waals surface area contributed by atoms with Crippen LogP contribution in [0.3, 0.4) is 0 Å². The zero-order chi connectivity index (χ0) is 27.2. The van der Waals surface area contributed by atoms with E-state index in [1.165, 1.54) is 31.5 Å². The SMILES string of the molecule is Cc1ccc(S(=O)(=O)N2CCN(Cc3ccc(C(=O)NCc4ccc(CN5CCCC5)cc4)cc3)CC2)cc1. The number of sulfonamides is 1. The highest BCUT2D eigenvalue weighted by Crippen LogP contribution is 2.19. The number of carbonyl (C=O) groups is 1. The van der Waals surface area contributed by atoms with Gasteiger partial charge in [0.05, 0.1) is 4.90 Å². The van der Waals surface area contributed by atoms with Gasteiger partial charge in [-0.25, -0.2) is 8.42 Å². The predicted octanol–water partition coefficient (Wildman–Crippen LogP) is 4.03. The van der Waals surface area contributed by atoms with Gasteiger partial charge in [0.15, 0.2) is 0 Å². The molecule has 0 bridgehead atoms. The van der Waals surface area contributed by atoms with Gasteiger partial charge in [-0.15, -0.1) is 0 Å². The predicted molar refractivity (Wildman–Crippen MR) is 154 cm³/mol. The van der Waals surface area contributed by atoms with Crippen molar-refractivity contribution in [2.24, 2.45) is 0 Å². The lowest BCUT2D eigenvalue weighted by Gasteiger charge is -2.34. The van der Waals surface area contributed by atoms with Gasteiger partial charge in [-0.1, -0.05) is 54.1 Å². The monoisotopic (exact) mass is 546 g/mol. The minimum atomic E-state index is -3.46. The Bertz CT molecular complexity index is 1340. The van der Waals surface area contributed by atoms with Gasteiger partial charge < -0.3 is 5.32 Å². The Morgan fingerprint density at radius 3 is 1.79 bits per heavy atom. The Balaban J connectivity index is 1.07. The summed E-state index contributed by atoms with van der Waals surface area (Å²) in [6.45, 7) is 8.83. The molecule has 2 fully saturated rings. The third kappa shape index (κ3) is 7.13. The van der Waals surface area contributed by atoms with E-state index in [-0.39, 0.29) is 5.91 Å². The summed E-state index contributed by atoms with van der Waals surface area (Å²) in [5.41, 5.74) is 5.19. The Kier molecular flexibility index (Phi) is 8.77. The molecule has 206 valence electrons. The van der Waals surface area contributed by atoms with E-state index in [0.717, 1.165) is 29.8 Å². The normalized spacial score (nSPS) is 17.4. The summed E-state index contributed by atoms with van der Waals surface area (Å²) in [6.07, 6.45) is 2.59. The number of amides is 1. The van der Waals surface area contributed by atoms with Crippen molar-refractivity contribution in [3.63, 3.8) is 0 Å². The van der Waals surface area contributed by atoms with Crippen molar-refractivity contribution < 1.29 is 13.2 Å². The van der Waals surface area contributed by atoms with Gasteiger partial charge in [-0.05, 0) is 73.8 Å². The molecule has 8 heteroatoms. The van der Waals surface area contributed by atoms with Gasteiger partial charge >= 0.3 is 0 Å². The maximum atomic E-state index is 13.0. The molecule has 0 saturated carbocycles. The van der Waals surface area contributed by atoms with Crippen LogP contribution < -0.4 is 5.32 Å². The molecule has 39 heavy (non-hydrogen) atoms. The van der Waals surface area contributed by atoms with Crippen molar-refractivity contribution in [1.29, 1.82) is 0 Å². The Morgan fingerprint density at radius 1 is 0.692 bits per heavy atom. The van der Waals surface area contributed by atoms with Gasteiger partial charge in [0.25, 0.3) is 5.91 Å². The number of carbonyl (C=O) groups excluding carboxylic acids is 1. The number of piperazine rings is 1. The number of nitrogens with zero attached hydrogens (tertiary/aromatic N) is 3. The molecule has 1 amide bonds. The van der Waals surface area contributed by atoms with Crippen molar-refractivity contribution in [2.45, 2.75) is 44.3 Å². The molecule has 3 aromatic carbocycles. The molecule has 1 N–H and O–H groups in total. The standard InChI is InChI=1S/C31H38N4O3S/c1-25-4-14-30(15-5-25)39(37,38)35-20-18-34(19-21-35)24-28-10-12-29(13-11-28)31(36)32-22-26-6-8-27(9-7-26)23-33-16-2-3-17-33/h4-15H,2-3,16-24H2,1H3,(H,32,36). The van der Waals surface area contributed by atoms with Crippen LogP contribution in [0.4, 0.5) is 0 Å². The molecule has 0 spiro atoms. The quantitative estimate of drug-likeness (QED) is 0.439. The lowest BCUT2D eigenvalue weighted by Crippen LogP contribution is -2.48. The van der Waals surface area contributed by atoms with Crippen LogP contribution >= 0.6 is 0 Å². The molecule has 2 saturated heterocycles. The molecular formula is C31H38N4O3S. The van der Waals surface area contributed by atoms with E-state index < -0.39 is 10.0 Å². The number of nitrogens with one attached hydrogen (secondary N) is 1. The first-order chi connectivity index (χ1) is 18.9. The summed E-state index contributed by atoms with van der Waals surface area (Å²) in [5.74, 6) is -0.0855. The third-order valence-corrected chi connectivity index (χ3v) is 9.61. The smallest absolute Gasteiger partial charge is 0.251 e. The fraction of sp³-hybridized carbons (Fsp3) is 0.387. The summed E-state index contributed by atoms with van der Waals surface area (Å²) < 4.78 is 27.5. The average Bonchev–Trinajstić information content (AvgIpc) is 3.47. The molecule has 0 atom stereocenters. The van der Waals surface area contributed by atoms with Crippen LogP contribution in [-0.4, -0.2) is 67.7 Å². The highest BCUT2D eigenvalue weighted by molar-refractivity contribution is 7.89. The van der Waals surface area contributed by atoms with Gasteiger partial charge in [0, 0.05) is 51.4 Å². The van der Waals surface area contributed by atoms with Crippen LogP contribution in [-0.2, 0) is 29.7 Å². The lowest BCUT2D eigenvalue weighted by atomic mass is 10.1. The van der Waals surface area contributed by atoms with E-state index in [9.17, 15) is 13.2 Å². The zero-order valence-electron chi connectivity index (χ0n) is 22.7. The first-order valence-corrected chi connectivity index (χ1v) is 15.3. The summed E-state index contributed by atoms with van der Waals surface area (Å²) >= 11 is 0. The van der Waals surface area contributed by atoms with E-state index in [1.54, 1.807) is 16.4 Å². The number of rotatable bonds is 9. The molecule has 0 unspecified atom stereocenters. The second kappa shape index (κ2) is 12.4. The van der Waals surface area contributed by atoms with E-state index in [0.29, 0.717) is 43.2 Å². The van der Waals surface area contributed by atoms with Gasteiger partial charge in [0.2, 0.25) is 10.0 Å². The lowest BCUT2D eigenvalue weighted by molar-refractivity contribution is 0.0951. The average molecular weight is 547 g/mol. The molecular weight excluding hydrogens is 508 g/mol. The Labute approximate surface area is 232 Å². The molecule has 5 rings (SSSR count). The number of hydrogen-bond donors (Lipinski definition) is 1. The summed E-state index contributed by atoms with van der Waals surface area (Å²) in [6, 6.07) is 23.2. The van der Waals surface area contributed by atoms with E-state index in [1.807, 2.05) is 43.3 Å². The minimum Gasteiger partial charge on any atom is -0.348 e. The van der Waals surface area contributed by atoms with E-state index >= 15 is 0 Å². The minimum absolute atomic E-state index is 0.0855. The van der Waals surface area contributed by atoms with Gasteiger partial charge in [0.1, 0.15) is 0 Å². The van der Waals surface area contributed by atoms with Crippen LogP contribution in [0.2, 0.25) is 0 Å². The van der Waals surface area contributed by atoms with Crippen molar-refractivity contribution >= 4 is 15.9 Å². The summed E-state index contributed by atoms with van der Waals surface area (Å²) in [5, 5.41) is 3.02. The fourth-order valence-corrected chi connectivity index (χ4v) is 6.68. The molecule has 2 heterocycles. The second-order valence-corrected chi connectivity index (χ2v) is 12.6. The highest BCUT2D eigenvalue weighted by atomic mass is 32.2. The molecule has 2 aliphatic rings. The largest absolute Gasteiger partial charge is 0.348 e. The first kappa shape index (κ1) is 27.5. The first-order valence-electron chi connectivity index (χ1n) is 13.8. The second-order valence-electron chi connectivity index (χ2n) is 10.7. The molecule has 0 radical (unpaired) electrons. The van der Waals surface area contributed by atoms with Crippen LogP contribution in [0, 0.1) is 6.92 Å². The molecule has 2 aliphatic heterocycles.